The molecule has 0 heterocycles. The van der Waals surface area contributed by atoms with Gasteiger partial charge in [0.25, 0.3) is 5.91 Å². The maximum Gasteiger partial charge on any atom is 0.341 e. The number of aromatic hydroxyl groups is 2. The van der Waals surface area contributed by atoms with Crippen LogP contribution in [0.25, 0.3) is 0 Å². The van der Waals surface area contributed by atoms with E-state index in [1.54, 1.807) is 0 Å². The summed E-state index contributed by atoms with van der Waals surface area (Å²) in [5.41, 5.74) is 5.17. The normalized spacial score (nSPS) is 12.6. The molecule has 0 aromatic heterocycles. The summed E-state index contributed by atoms with van der Waals surface area (Å²) in [5, 5.41) is 32.6. The van der Waals surface area contributed by atoms with Gasteiger partial charge in [-0.2, -0.15) is 0 Å². The summed E-state index contributed by atoms with van der Waals surface area (Å²) >= 11 is 0. The van der Waals surface area contributed by atoms with Crippen LogP contribution in [0.2, 0.25) is 0 Å². The van der Waals surface area contributed by atoms with Crippen LogP contribution < -0.4 is 20.5 Å². The van der Waals surface area contributed by atoms with Crippen molar-refractivity contribution in [2.45, 2.75) is 19.1 Å². The lowest BCUT2D eigenvalue weighted by Gasteiger charge is -2.18. The van der Waals surface area contributed by atoms with E-state index in [-0.39, 0.29) is 54.2 Å². The summed E-state index contributed by atoms with van der Waals surface area (Å²) < 4.78 is 15.5. The second-order valence-electron chi connectivity index (χ2n) is 6.80. The summed E-state index contributed by atoms with van der Waals surface area (Å²) in [6.45, 7) is 2.24. The molecule has 2 rings (SSSR count). The number of carbonyl (C=O) groups excluding carboxylic acids is 2. The van der Waals surface area contributed by atoms with Gasteiger partial charge in [0.15, 0.2) is 0 Å². The smallest absolute Gasteiger partial charge is 0.341 e. The molecule has 2 unspecified atom stereocenters. The van der Waals surface area contributed by atoms with E-state index < -0.39 is 18.0 Å². The second kappa shape index (κ2) is 11.0. The van der Waals surface area contributed by atoms with E-state index >= 15 is 0 Å². The average molecular weight is 434 g/mol. The summed E-state index contributed by atoms with van der Waals surface area (Å²) in [5.74, 6) is -1.26. The highest BCUT2D eigenvalue weighted by molar-refractivity contribution is 5.96. The molecule has 168 valence electrons. The standard InChI is InChI=1S/C21H26N2O8/c1-12(10-30-14-4-6-18(25)17(7-14)20(22)27)23-9-13(24)11-31-15-3-5-16(19(26)8-15)21(28)29-2/h3-8,12-13,23-26H,9-11H2,1-2H3,(H2,22,27). The second-order valence-corrected chi connectivity index (χ2v) is 6.80. The fourth-order valence-corrected chi connectivity index (χ4v) is 2.55. The van der Waals surface area contributed by atoms with Gasteiger partial charge in [0.2, 0.25) is 0 Å². The van der Waals surface area contributed by atoms with Crippen molar-refractivity contribution in [1.82, 2.24) is 5.32 Å². The van der Waals surface area contributed by atoms with E-state index in [2.05, 4.69) is 10.1 Å². The number of esters is 1. The van der Waals surface area contributed by atoms with Crippen LogP contribution in [-0.2, 0) is 4.74 Å². The predicted molar refractivity (Wildman–Crippen MR) is 111 cm³/mol. The Morgan fingerprint density at radius 2 is 1.65 bits per heavy atom. The van der Waals surface area contributed by atoms with E-state index in [1.165, 1.54) is 43.5 Å². The van der Waals surface area contributed by atoms with Crippen molar-refractivity contribution >= 4 is 11.9 Å². The highest BCUT2D eigenvalue weighted by atomic mass is 16.5. The lowest BCUT2D eigenvalue weighted by Crippen LogP contribution is -2.39. The SMILES string of the molecule is COC(=O)c1ccc(OCC(O)CNC(C)COc2ccc(O)c(C(N)=O)c2)cc1O. The molecule has 31 heavy (non-hydrogen) atoms. The fourth-order valence-electron chi connectivity index (χ4n) is 2.55. The van der Waals surface area contributed by atoms with Gasteiger partial charge in [-0.25, -0.2) is 4.79 Å². The summed E-state index contributed by atoms with van der Waals surface area (Å²) in [7, 11) is 1.21. The third-order valence-electron chi connectivity index (χ3n) is 4.25. The molecule has 6 N–H and O–H groups in total. The molecule has 10 nitrogen and oxygen atoms in total. The van der Waals surface area contributed by atoms with E-state index in [0.29, 0.717) is 5.75 Å². The molecule has 0 aliphatic rings. The summed E-state index contributed by atoms with van der Waals surface area (Å²) in [6.07, 6.45) is -0.847. The van der Waals surface area contributed by atoms with Crippen LogP contribution in [0, 0.1) is 0 Å². The predicted octanol–water partition coefficient (Wildman–Crippen LogP) is 0.780. The molecule has 10 heteroatoms. The number of phenolic OH excluding ortho intramolecular Hbond substituents is 1. The number of hydrogen-bond acceptors (Lipinski definition) is 9. The Labute approximate surface area is 179 Å². The summed E-state index contributed by atoms with van der Waals surface area (Å²) in [4.78, 5) is 22.7. The minimum absolute atomic E-state index is 0.0162. The lowest BCUT2D eigenvalue weighted by molar-refractivity contribution is 0.0597. The van der Waals surface area contributed by atoms with Crippen LogP contribution in [0.3, 0.4) is 0 Å². The summed E-state index contributed by atoms with van der Waals surface area (Å²) in [6, 6.07) is 8.16. The number of aliphatic hydroxyl groups excluding tert-OH is 1. The average Bonchev–Trinajstić information content (AvgIpc) is 2.74. The quantitative estimate of drug-likeness (QED) is 0.322. The molecule has 0 fully saturated rings. The zero-order chi connectivity index (χ0) is 23.0. The number of ether oxygens (including phenoxy) is 3. The molecule has 0 aliphatic heterocycles. The van der Waals surface area contributed by atoms with Gasteiger partial charge in [-0.05, 0) is 37.3 Å². The number of rotatable bonds is 11. The first-order valence-corrected chi connectivity index (χ1v) is 9.42. The third kappa shape index (κ3) is 7.05. The number of methoxy groups -OCH3 is 1. The Kier molecular flexibility index (Phi) is 8.47. The third-order valence-corrected chi connectivity index (χ3v) is 4.25. The number of primary amides is 1. The van der Waals surface area contributed by atoms with E-state index in [9.17, 15) is 24.9 Å². The maximum absolute atomic E-state index is 11.5. The number of hydrogen-bond donors (Lipinski definition) is 5. The van der Waals surface area contributed by atoms with Crippen molar-refractivity contribution < 1.29 is 39.1 Å². The molecule has 0 bridgehead atoms. The zero-order valence-corrected chi connectivity index (χ0v) is 17.2. The van der Waals surface area contributed by atoms with Crippen molar-refractivity contribution in [2.24, 2.45) is 5.73 Å². The number of phenols is 2. The number of aliphatic hydroxyl groups is 1. The van der Waals surface area contributed by atoms with Gasteiger partial charge in [0, 0.05) is 18.7 Å². The van der Waals surface area contributed by atoms with Gasteiger partial charge in [-0.3, -0.25) is 4.79 Å². The molecule has 2 aromatic rings. The van der Waals surface area contributed by atoms with Crippen LogP contribution in [0.1, 0.15) is 27.6 Å². The lowest BCUT2D eigenvalue weighted by atomic mass is 10.2. The highest BCUT2D eigenvalue weighted by Gasteiger charge is 2.14. The molecule has 2 aromatic carbocycles. The van der Waals surface area contributed by atoms with Gasteiger partial charge >= 0.3 is 5.97 Å². The number of nitrogens with one attached hydrogen (secondary N) is 1. The number of nitrogens with two attached hydrogens (primary N) is 1. The van der Waals surface area contributed by atoms with E-state index in [4.69, 9.17) is 15.2 Å². The maximum atomic E-state index is 11.5. The van der Waals surface area contributed by atoms with Crippen LogP contribution >= 0.6 is 0 Å². The first-order valence-electron chi connectivity index (χ1n) is 9.42. The van der Waals surface area contributed by atoms with E-state index in [1.807, 2.05) is 6.92 Å². The number of benzene rings is 2. The zero-order valence-electron chi connectivity index (χ0n) is 17.2. The van der Waals surface area contributed by atoms with Crippen molar-refractivity contribution in [2.75, 3.05) is 26.9 Å². The molecule has 1 amide bonds. The highest BCUT2D eigenvalue weighted by Crippen LogP contribution is 2.24. The van der Waals surface area contributed by atoms with Crippen molar-refractivity contribution in [3.05, 3.63) is 47.5 Å². The van der Waals surface area contributed by atoms with Crippen LogP contribution in [0.15, 0.2) is 36.4 Å². The monoisotopic (exact) mass is 434 g/mol. The van der Waals surface area contributed by atoms with Gasteiger partial charge < -0.3 is 40.6 Å². The van der Waals surface area contributed by atoms with Crippen LogP contribution in [0.5, 0.6) is 23.0 Å². The largest absolute Gasteiger partial charge is 0.507 e. The van der Waals surface area contributed by atoms with Crippen molar-refractivity contribution in [3.63, 3.8) is 0 Å². The molecule has 2 atom stereocenters. The first-order chi connectivity index (χ1) is 14.7. The molecule has 0 saturated heterocycles. The minimum Gasteiger partial charge on any atom is -0.507 e. The number of carbonyl (C=O) groups is 2. The molecule has 0 spiro atoms. The molecular formula is C21H26N2O8. The van der Waals surface area contributed by atoms with Gasteiger partial charge in [-0.15, -0.1) is 0 Å². The molecule has 0 radical (unpaired) electrons. The van der Waals surface area contributed by atoms with Gasteiger partial charge in [0.05, 0.1) is 12.7 Å². The molecular weight excluding hydrogens is 408 g/mol. The van der Waals surface area contributed by atoms with Gasteiger partial charge in [-0.1, -0.05) is 0 Å². The van der Waals surface area contributed by atoms with Crippen LogP contribution in [0.4, 0.5) is 0 Å². The Balaban J connectivity index is 1.75. The molecule has 0 saturated carbocycles. The Morgan fingerprint density at radius 3 is 2.29 bits per heavy atom. The Morgan fingerprint density at radius 1 is 1.00 bits per heavy atom. The number of amides is 1. The first kappa shape index (κ1) is 23.8. The van der Waals surface area contributed by atoms with Gasteiger partial charge in [0.1, 0.15) is 47.9 Å². The van der Waals surface area contributed by atoms with Crippen molar-refractivity contribution in [1.29, 1.82) is 0 Å². The Hall–Kier alpha value is -3.50. The van der Waals surface area contributed by atoms with E-state index in [0.717, 1.165) is 0 Å². The topological polar surface area (TPSA) is 161 Å². The molecule has 0 aliphatic carbocycles. The Bertz CT molecular complexity index is 918. The van der Waals surface area contributed by atoms with Crippen molar-refractivity contribution in [3.8, 4) is 23.0 Å². The minimum atomic E-state index is -0.847. The van der Waals surface area contributed by atoms with Crippen LogP contribution in [-0.4, -0.2) is 66.2 Å². The fraction of sp³-hybridized carbons (Fsp3) is 0.333.